The van der Waals surface area contributed by atoms with E-state index in [9.17, 15) is 9.59 Å². The highest BCUT2D eigenvalue weighted by atomic mass is 35.5. The van der Waals surface area contributed by atoms with Gasteiger partial charge in [0, 0.05) is 18.8 Å². The van der Waals surface area contributed by atoms with E-state index in [4.69, 9.17) is 21.3 Å². The minimum atomic E-state index is -0.586. The largest absolute Gasteiger partial charge is 0.495 e. The molecule has 2 aliphatic rings. The van der Waals surface area contributed by atoms with Crippen LogP contribution in [0.4, 0.5) is 17.3 Å². The third-order valence-corrected chi connectivity index (χ3v) is 8.60. The van der Waals surface area contributed by atoms with Gasteiger partial charge in [-0.3, -0.25) is 9.59 Å². The fourth-order valence-electron chi connectivity index (χ4n) is 5.95. The highest BCUT2D eigenvalue weighted by Crippen LogP contribution is 2.40. The molecule has 0 spiro atoms. The number of anilines is 3. The molecule has 2 N–H and O–H groups in total. The zero-order valence-electron chi connectivity index (χ0n) is 25.0. The van der Waals surface area contributed by atoms with Crippen LogP contribution in [0.2, 0.25) is 5.02 Å². The van der Waals surface area contributed by atoms with Crippen LogP contribution >= 0.6 is 11.6 Å². The number of methoxy groups -OCH3 is 1. The number of carbonyl (C=O) groups excluding carboxylic acids is 2. The molecule has 222 valence electrons. The van der Waals surface area contributed by atoms with Crippen molar-refractivity contribution >= 4 is 40.7 Å². The predicted molar refractivity (Wildman–Crippen MR) is 166 cm³/mol. The number of amides is 2. The molecule has 2 amide bonds. The lowest BCUT2D eigenvalue weighted by atomic mass is 9.82. The van der Waals surface area contributed by atoms with Gasteiger partial charge in [-0.1, -0.05) is 29.8 Å². The summed E-state index contributed by atoms with van der Waals surface area (Å²) < 4.78 is 5.73. The van der Waals surface area contributed by atoms with Crippen molar-refractivity contribution in [1.29, 1.82) is 0 Å². The fraction of sp³-hybridized carbons (Fsp3) is 0.438. The second-order valence-electron chi connectivity index (χ2n) is 11.9. The number of hydrogen-bond acceptors (Lipinski definition) is 7. The van der Waals surface area contributed by atoms with Gasteiger partial charge in [-0.25, -0.2) is 9.97 Å². The van der Waals surface area contributed by atoms with Gasteiger partial charge in [0.05, 0.1) is 41.7 Å². The molecular formula is C32H39ClN6O3. The molecule has 1 aromatic heterocycles. The van der Waals surface area contributed by atoms with Crippen LogP contribution in [0.5, 0.6) is 5.75 Å². The number of rotatable bonds is 9. The number of carbonyl (C=O) groups is 2. The Morgan fingerprint density at radius 1 is 1.19 bits per heavy atom. The van der Waals surface area contributed by atoms with E-state index in [1.54, 1.807) is 13.3 Å². The summed E-state index contributed by atoms with van der Waals surface area (Å²) in [6, 6.07) is 12.1. The average molecular weight is 591 g/mol. The van der Waals surface area contributed by atoms with Crippen LogP contribution in [0.1, 0.15) is 55.0 Å². The molecule has 0 atom stereocenters. The number of likely N-dealkylation sites (N-methyl/N-ethyl adjacent to an activating group) is 1. The number of ether oxygens (including phenoxy) is 1. The van der Waals surface area contributed by atoms with Crippen molar-refractivity contribution in [2.24, 2.45) is 0 Å². The van der Waals surface area contributed by atoms with E-state index in [1.165, 1.54) is 5.56 Å². The van der Waals surface area contributed by atoms with E-state index in [-0.39, 0.29) is 11.8 Å². The van der Waals surface area contributed by atoms with Crippen LogP contribution in [-0.2, 0) is 27.8 Å². The van der Waals surface area contributed by atoms with E-state index in [0.29, 0.717) is 42.0 Å². The first-order chi connectivity index (χ1) is 20.1. The highest BCUT2D eigenvalue weighted by molar-refractivity contribution is 6.31. The second kappa shape index (κ2) is 12.3. The van der Waals surface area contributed by atoms with E-state index in [2.05, 4.69) is 33.8 Å². The normalized spacial score (nSPS) is 16.4. The molecule has 0 aliphatic carbocycles. The number of nitrogens with one attached hydrogen (secondary N) is 2. The Morgan fingerprint density at radius 2 is 1.95 bits per heavy atom. The molecule has 5 rings (SSSR count). The Balaban J connectivity index is 1.26. The second-order valence-corrected chi connectivity index (χ2v) is 12.3. The fourth-order valence-corrected chi connectivity index (χ4v) is 6.14. The van der Waals surface area contributed by atoms with Gasteiger partial charge >= 0.3 is 0 Å². The molecule has 2 aliphatic heterocycles. The molecule has 0 bridgehead atoms. The van der Waals surface area contributed by atoms with Crippen molar-refractivity contribution in [3.63, 3.8) is 0 Å². The minimum absolute atomic E-state index is 0.0111. The van der Waals surface area contributed by atoms with Crippen molar-refractivity contribution in [1.82, 2.24) is 19.8 Å². The maximum Gasteiger partial charge on any atom is 0.236 e. The standard InChI is InChI=1S/C32H39ClN6O3/c1-32(2)29-21(7-6-8-26(29)35-30(32)41)9-11-24-23(33)18-34-31(36-24)37-25-12-10-22(17-27(25)42-5)20-13-15-39(16-14-20)28(40)19-38(3)4/h6-8,10,12,17-18,20H,9,11,13-16,19H2,1-5H3,(H,35,41)(H,34,36,37). The van der Waals surface area contributed by atoms with E-state index in [1.807, 2.05) is 55.9 Å². The van der Waals surface area contributed by atoms with Gasteiger partial charge in [-0.15, -0.1) is 0 Å². The van der Waals surface area contributed by atoms with Gasteiger partial charge < -0.3 is 25.2 Å². The molecule has 2 aromatic carbocycles. The van der Waals surface area contributed by atoms with Crippen LogP contribution in [-0.4, -0.2) is 72.4 Å². The van der Waals surface area contributed by atoms with Crippen molar-refractivity contribution in [3.05, 3.63) is 70.0 Å². The molecule has 0 radical (unpaired) electrons. The number of aryl methyl sites for hydroxylation is 2. The quantitative estimate of drug-likeness (QED) is 0.355. The lowest BCUT2D eigenvalue weighted by Crippen LogP contribution is -2.42. The number of nitrogens with zero attached hydrogens (tertiary/aromatic N) is 4. The third kappa shape index (κ3) is 6.22. The number of likely N-dealkylation sites (tertiary alicyclic amines) is 1. The molecule has 3 heterocycles. The topological polar surface area (TPSA) is 99.7 Å². The minimum Gasteiger partial charge on any atom is -0.495 e. The van der Waals surface area contributed by atoms with Gasteiger partial charge in [0.1, 0.15) is 5.75 Å². The van der Waals surface area contributed by atoms with Gasteiger partial charge in [-0.05, 0) is 94.4 Å². The van der Waals surface area contributed by atoms with E-state index < -0.39 is 5.41 Å². The smallest absolute Gasteiger partial charge is 0.236 e. The van der Waals surface area contributed by atoms with Crippen LogP contribution in [0.25, 0.3) is 0 Å². The molecule has 0 saturated carbocycles. The van der Waals surface area contributed by atoms with Gasteiger partial charge in [0.25, 0.3) is 0 Å². The summed E-state index contributed by atoms with van der Waals surface area (Å²) in [4.78, 5) is 37.9. The molecular weight excluding hydrogens is 552 g/mol. The zero-order chi connectivity index (χ0) is 30.0. The van der Waals surface area contributed by atoms with E-state index in [0.717, 1.165) is 54.1 Å². The summed E-state index contributed by atoms with van der Waals surface area (Å²) >= 11 is 6.51. The van der Waals surface area contributed by atoms with Crippen LogP contribution in [0.3, 0.4) is 0 Å². The van der Waals surface area contributed by atoms with Crippen molar-refractivity contribution < 1.29 is 14.3 Å². The predicted octanol–water partition coefficient (Wildman–Crippen LogP) is 5.16. The molecule has 0 unspecified atom stereocenters. The first-order valence-corrected chi connectivity index (χ1v) is 14.8. The monoisotopic (exact) mass is 590 g/mol. The van der Waals surface area contributed by atoms with Gasteiger partial charge in [0.15, 0.2) is 0 Å². The lowest BCUT2D eigenvalue weighted by Gasteiger charge is -2.33. The number of halogens is 1. The Kier molecular flexibility index (Phi) is 8.70. The summed E-state index contributed by atoms with van der Waals surface area (Å²) in [5.41, 5.74) is 5.11. The average Bonchev–Trinajstić information content (AvgIpc) is 3.21. The Bertz CT molecular complexity index is 1480. The van der Waals surface area contributed by atoms with Crippen molar-refractivity contribution in [2.75, 3.05) is 51.5 Å². The summed E-state index contributed by atoms with van der Waals surface area (Å²) in [6.07, 6.45) is 4.75. The SMILES string of the molecule is COc1cc(C2CCN(C(=O)CN(C)C)CC2)ccc1Nc1ncc(Cl)c(CCc2cccc3c2C(C)(C)C(=O)N3)n1. The summed E-state index contributed by atoms with van der Waals surface area (Å²) in [7, 11) is 5.49. The molecule has 9 nitrogen and oxygen atoms in total. The molecule has 42 heavy (non-hydrogen) atoms. The zero-order valence-corrected chi connectivity index (χ0v) is 25.7. The first-order valence-electron chi connectivity index (χ1n) is 14.4. The Labute approximate surface area is 252 Å². The molecule has 1 saturated heterocycles. The number of aromatic nitrogens is 2. The van der Waals surface area contributed by atoms with Crippen LogP contribution < -0.4 is 15.4 Å². The number of fused-ring (bicyclic) bond motifs is 1. The third-order valence-electron chi connectivity index (χ3n) is 8.28. The number of hydrogen-bond donors (Lipinski definition) is 2. The van der Waals surface area contributed by atoms with Crippen molar-refractivity contribution in [2.45, 2.75) is 50.9 Å². The maximum absolute atomic E-state index is 12.5. The van der Waals surface area contributed by atoms with Crippen LogP contribution in [0, 0.1) is 0 Å². The number of piperidine rings is 1. The lowest BCUT2D eigenvalue weighted by molar-refractivity contribution is -0.132. The summed E-state index contributed by atoms with van der Waals surface area (Å²) in [5, 5.41) is 6.79. The van der Waals surface area contributed by atoms with Gasteiger partial charge in [0.2, 0.25) is 17.8 Å². The van der Waals surface area contributed by atoms with Gasteiger partial charge in [-0.2, -0.15) is 0 Å². The first kappa shape index (κ1) is 29.8. The molecule has 1 fully saturated rings. The Morgan fingerprint density at radius 3 is 2.67 bits per heavy atom. The highest BCUT2D eigenvalue weighted by Gasteiger charge is 2.39. The number of benzene rings is 2. The maximum atomic E-state index is 12.5. The van der Waals surface area contributed by atoms with E-state index >= 15 is 0 Å². The molecule has 10 heteroatoms. The van der Waals surface area contributed by atoms with Crippen LogP contribution in [0.15, 0.2) is 42.6 Å². The Hall–Kier alpha value is -3.69. The summed E-state index contributed by atoms with van der Waals surface area (Å²) in [6.45, 7) is 5.87. The van der Waals surface area contributed by atoms with Crippen molar-refractivity contribution in [3.8, 4) is 5.75 Å². The molecule has 3 aromatic rings. The summed E-state index contributed by atoms with van der Waals surface area (Å²) in [5.74, 6) is 1.70.